The molecule has 0 amide bonds. The molecule has 4 rings (SSSR count). The predicted molar refractivity (Wildman–Crippen MR) is 105 cm³/mol. The Labute approximate surface area is 163 Å². The van der Waals surface area contributed by atoms with E-state index in [4.69, 9.17) is 20.6 Å². The van der Waals surface area contributed by atoms with Gasteiger partial charge in [0.05, 0.1) is 24.1 Å². The standard InChI is InChI=1S/C20H24FN5O2/c1-12-10-26(5-6-27-12)18-9-16(24-11-25-18)19(23)13-7-17(14(21)8-15(13)22)28-20(2)3-4-20/h7-9,11-12,23H,3-6,10,22H2,1-2H3/t12-/m1/s1. The second-order valence-electron chi connectivity index (χ2n) is 7.69. The fourth-order valence-corrected chi connectivity index (χ4v) is 3.23. The summed E-state index contributed by atoms with van der Waals surface area (Å²) in [4.78, 5) is 10.7. The zero-order valence-corrected chi connectivity index (χ0v) is 16.0. The van der Waals surface area contributed by atoms with Crippen LogP contribution in [-0.2, 0) is 4.74 Å². The number of aromatic nitrogens is 2. The molecule has 2 aromatic rings. The third-order valence-corrected chi connectivity index (χ3v) is 5.16. The number of halogens is 1. The minimum atomic E-state index is -0.521. The van der Waals surface area contributed by atoms with E-state index in [1.807, 2.05) is 13.8 Å². The number of nitrogens with two attached hydrogens (primary N) is 1. The molecule has 1 atom stereocenters. The highest BCUT2D eigenvalue weighted by Gasteiger charge is 2.40. The number of hydrogen-bond donors (Lipinski definition) is 2. The summed E-state index contributed by atoms with van der Waals surface area (Å²) in [6.07, 6.45) is 3.32. The molecule has 1 saturated carbocycles. The van der Waals surface area contributed by atoms with E-state index in [-0.39, 0.29) is 28.9 Å². The highest BCUT2D eigenvalue weighted by Crippen LogP contribution is 2.41. The molecule has 7 nitrogen and oxygen atoms in total. The van der Waals surface area contributed by atoms with Gasteiger partial charge >= 0.3 is 0 Å². The molecule has 1 aliphatic heterocycles. The van der Waals surface area contributed by atoms with Gasteiger partial charge in [-0.25, -0.2) is 14.4 Å². The Hall–Kier alpha value is -2.74. The van der Waals surface area contributed by atoms with Crippen LogP contribution >= 0.6 is 0 Å². The summed E-state index contributed by atoms with van der Waals surface area (Å²) in [5.74, 6) is 0.325. The Kier molecular flexibility index (Phi) is 4.66. The zero-order valence-electron chi connectivity index (χ0n) is 16.0. The molecule has 1 aliphatic carbocycles. The van der Waals surface area contributed by atoms with E-state index in [1.54, 1.807) is 6.07 Å². The first-order valence-corrected chi connectivity index (χ1v) is 9.40. The van der Waals surface area contributed by atoms with E-state index < -0.39 is 5.82 Å². The van der Waals surface area contributed by atoms with Gasteiger partial charge in [-0.3, -0.25) is 5.41 Å². The Bertz CT molecular complexity index is 915. The number of ether oxygens (including phenoxy) is 2. The molecule has 2 fully saturated rings. The number of nitrogens with one attached hydrogen (secondary N) is 1. The quantitative estimate of drug-likeness (QED) is 0.607. The van der Waals surface area contributed by atoms with Gasteiger partial charge < -0.3 is 20.1 Å². The molecule has 8 heteroatoms. The minimum Gasteiger partial charge on any atom is -0.484 e. The molecule has 0 unspecified atom stereocenters. The van der Waals surface area contributed by atoms with Crippen LogP contribution in [0.1, 0.15) is 37.9 Å². The monoisotopic (exact) mass is 385 g/mol. The topological polar surface area (TPSA) is 97.4 Å². The molecule has 2 heterocycles. The molecular weight excluding hydrogens is 361 g/mol. The third-order valence-electron chi connectivity index (χ3n) is 5.16. The first kappa shape index (κ1) is 18.6. The lowest BCUT2D eigenvalue weighted by Gasteiger charge is -2.32. The fourth-order valence-electron chi connectivity index (χ4n) is 3.23. The molecule has 28 heavy (non-hydrogen) atoms. The normalized spacial score (nSPS) is 20.7. The zero-order chi connectivity index (χ0) is 19.9. The maximum absolute atomic E-state index is 14.3. The molecule has 0 radical (unpaired) electrons. The molecule has 148 valence electrons. The lowest BCUT2D eigenvalue weighted by atomic mass is 10.0. The number of morpholine rings is 1. The van der Waals surface area contributed by atoms with Gasteiger partial charge in [0, 0.05) is 36.5 Å². The molecule has 0 bridgehead atoms. The summed E-state index contributed by atoms with van der Waals surface area (Å²) >= 11 is 0. The summed E-state index contributed by atoms with van der Waals surface area (Å²) in [5, 5.41) is 8.58. The first-order valence-electron chi connectivity index (χ1n) is 9.40. The van der Waals surface area contributed by atoms with E-state index in [0.29, 0.717) is 17.9 Å². The van der Waals surface area contributed by atoms with Crippen LogP contribution in [0.3, 0.4) is 0 Å². The second-order valence-corrected chi connectivity index (χ2v) is 7.69. The second kappa shape index (κ2) is 7.01. The Morgan fingerprint density at radius 3 is 2.86 bits per heavy atom. The number of benzene rings is 1. The van der Waals surface area contributed by atoms with Crippen molar-refractivity contribution >= 4 is 17.2 Å². The highest BCUT2D eigenvalue weighted by molar-refractivity contribution is 6.13. The first-order chi connectivity index (χ1) is 13.3. The van der Waals surface area contributed by atoms with Gasteiger partial charge in [0.1, 0.15) is 17.7 Å². The molecule has 1 saturated heterocycles. The fraction of sp³-hybridized carbons (Fsp3) is 0.450. The molecular formula is C20H24FN5O2. The van der Waals surface area contributed by atoms with E-state index in [0.717, 1.165) is 31.7 Å². The van der Waals surface area contributed by atoms with Crippen LogP contribution in [0.4, 0.5) is 15.9 Å². The highest BCUT2D eigenvalue weighted by atomic mass is 19.1. The summed E-state index contributed by atoms with van der Waals surface area (Å²) in [6, 6.07) is 4.46. The van der Waals surface area contributed by atoms with Crippen molar-refractivity contribution < 1.29 is 13.9 Å². The third kappa shape index (κ3) is 3.77. The van der Waals surface area contributed by atoms with Crippen molar-refractivity contribution in [3.05, 3.63) is 41.6 Å². The van der Waals surface area contributed by atoms with Gasteiger partial charge in [-0.1, -0.05) is 0 Å². The smallest absolute Gasteiger partial charge is 0.167 e. The lowest BCUT2D eigenvalue weighted by Crippen LogP contribution is -2.41. The number of nitrogen functional groups attached to an aromatic ring is 1. The molecule has 1 aromatic heterocycles. The number of hydrogen-bond acceptors (Lipinski definition) is 7. The number of anilines is 2. The summed E-state index contributed by atoms with van der Waals surface area (Å²) < 4.78 is 25.6. The SMILES string of the molecule is C[C@@H]1CN(c2cc(C(=N)c3cc(OC4(C)CC4)c(F)cc3N)ncn2)CCO1. The van der Waals surface area contributed by atoms with Crippen LogP contribution in [-0.4, -0.2) is 47.1 Å². The van der Waals surface area contributed by atoms with E-state index >= 15 is 0 Å². The Morgan fingerprint density at radius 1 is 1.36 bits per heavy atom. The van der Waals surface area contributed by atoms with Gasteiger partial charge in [0.2, 0.25) is 0 Å². The maximum Gasteiger partial charge on any atom is 0.167 e. The summed E-state index contributed by atoms with van der Waals surface area (Å²) in [7, 11) is 0. The van der Waals surface area contributed by atoms with Crippen LogP contribution in [0, 0.1) is 11.2 Å². The van der Waals surface area contributed by atoms with Gasteiger partial charge in [-0.2, -0.15) is 0 Å². The largest absolute Gasteiger partial charge is 0.484 e. The lowest BCUT2D eigenvalue weighted by molar-refractivity contribution is 0.0529. The van der Waals surface area contributed by atoms with E-state index in [9.17, 15) is 4.39 Å². The van der Waals surface area contributed by atoms with Crippen molar-refractivity contribution in [2.75, 3.05) is 30.3 Å². The van der Waals surface area contributed by atoms with Crippen molar-refractivity contribution in [3.63, 3.8) is 0 Å². The van der Waals surface area contributed by atoms with Crippen molar-refractivity contribution in [1.82, 2.24) is 9.97 Å². The van der Waals surface area contributed by atoms with Gasteiger partial charge in [0.25, 0.3) is 0 Å². The molecule has 3 N–H and O–H groups in total. The van der Waals surface area contributed by atoms with Gasteiger partial charge in [0.15, 0.2) is 11.6 Å². The van der Waals surface area contributed by atoms with Crippen LogP contribution in [0.5, 0.6) is 5.75 Å². The average Bonchev–Trinajstić information content (AvgIpc) is 3.40. The van der Waals surface area contributed by atoms with Crippen LogP contribution in [0.15, 0.2) is 24.5 Å². The van der Waals surface area contributed by atoms with Gasteiger partial charge in [-0.05, 0) is 32.8 Å². The Morgan fingerprint density at radius 2 is 2.14 bits per heavy atom. The predicted octanol–water partition coefficient (Wildman–Crippen LogP) is 2.77. The van der Waals surface area contributed by atoms with Crippen molar-refractivity contribution in [1.29, 1.82) is 5.41 Å². The molecule has 0 spiro atoms. The van der Waals surface area contributed by atoms with Gasteiger partial charge in [-0.15, -0.1) is 0 Å². The van der Waals surface area contributed by atoms with Crippen molar-refractivity contribution in [2.24, 2.45) is 0 Å². The molecule has 2 aliphatic rings. The van der Waals surface area contributed by atoms with E-state index in [1.165, 1.54) is 18.5 Å². The maximum atomic E-state index is 14.3. The Balaban J connectivity index is 1.62. The minimum absolute atomic E-state index is 0.105. The number of rotatable bonds is 5. The van der Waals surface area contributed by atoms with Crippen LogP contribution in [0.25, 0.3) is 0 Å². The number of nitrogens with zero attached hydrogens (tertiary/aromatic N) is 3. The molecule has 1 aromatic carbocycles. The van der Waals surface area contributed by atoms with Crippen molar-refractivity contribution in [3.8, 4) is 5.75 Å². The van der Waals surface area contributed by atoms with E-state index in [2.05, 4.69) is 14.9 Å². The average molecular weight is 385 g/mol. The van der Waals surface area contributed by atoms with Crippen LogP contribution < -0.4 is 15.4 Å². The van der Waals surface area contributed by atoms with Crippen molar-refractivity contribution in [2.45, 2.75) is 38.4 Å². The van der Waals surface area contributed by atoms with Crippen LogP contribution in [0.2, 0.25) is 0 Å². The summed E-state index contributed by atoms with van der Waals surface area (Å²) in [6.45, 7) is 6.02. The summed E-state index contributed by atoms with van der Waals surface area (Å²) in [5.41, 5.74) is 6.77.